The average Bonchev–Trinajstić information content (AvgIpc) is 2.77. The quantitative estimate of drug-likeness (QED) is 0.765. The molecule has 14 heavy (non-hydrogen) atoms. The first-order valence-corrected chi connectivity index (χ1v) is 5.73. The van der Waals surface area contributed by atoms with Gasteiger partial charge >= 0.3 is 0 Å². The Labute approximate surface area is 91.8 Å². The van der Waals surface area contributed by atoms with Gasteiger partial charge in [0, 0.05) is 22.0 Å². The first-order chi connectivity index (χ1) is 6.80. The number of benzene rings is 1. The van der Waals surface area contributed by atoms with Crippen molar-refractivity contribution in [2.75, 3.05) is 19.7 Å². The fourth-order valence-corrected chi connectivity index (χ4v) is 2.79. The molecule has 2 heterocycles. The number of ether oxygens (including phenoxy) is 1. The van der Waals surface area contributed by atoms with Crippen LogP contribution in [0, 0.1) is 0 Å². The Morgan fingerprint density at radius 2 is 2.36 bits per heavy atom. The first kappa shape index (κ1) is 8.74. The summed E-state index contributed by atoms with van der Waals surface area (Å²) in [6, 6.07) is 6.31. The largest absolute Gasteiger partial charge is 0.492 e. The lowest BCUT2D eigenvalue weighted by Crippen LogP contribution is -2.30. The fraction of sp³-hybridized carbons (Fsp3) is 0.455. The van der Waals surface area contributed by atoms with Gasteiger partial charge in [0.05, 0.1) is 6.61 Å². The van der Waals surface area contributed by atoms with Gasteiger partial charge in [0.15, 0.2) is 0 Å². The highest BCUT2D eigenvalue weighted by Gasteiger charge is 2.42. The van der Waals surface area contributed by atoms with Crippen LogP contribution in [0.4, 0.5) is 0 Å². The van der Waals surface area contributed by atoms with Crippen molar-refractivity contribution >= 4 is 15.9 Å². The van der Waals surface area contributed by atoms with Gasteiger partial charge in [-0.15, -0.1) is 0 Å². The monoisotopic (exact) mass is 253 g/mol. The van der Waals surface area contributed by atoms with Crippen LogP contribution in [0.1, 0.15) is 12.0 Å². The Kier molecular flexibility index (Phi) is 1.86. The average molecular weight is 254 g/mol. The van der Waals surface area contributed by atoms with Crippen LogP contribution in [0.2, 0.25) is 0 Å². The van der Waals surface area contributed by atoms with Crippen molar-refractivity contribution in [2.45, 2.75) is 11.8 Å². The molecule has 0 bridgehead atoms. The molecule has 2 nitrogen and oxygen atoms in total. The Balaban J connectivity index is 2.12. The standard InChI is InChI=1S/C11H12BrNO/c12-8-1-2-10-9(5-8)11(7-14-10)3-4-13-6-11/h1-2,5,13H,3-4,6-7H2. The molecule has 74 valence electrons. The van der Waals surface area contributed by atoms with Gasteiger partial charge in [-0.25, -0.2) is 0 Å². The number of rotatable bonds is 0. The molecule has 0 saturated carbocycles. The summed E-state index contributed by atoms with van der Waals surface area (Å²) in [4.78, 5) is 0. The zero-order valence-corrected chi connectivity index (χ0v) is 9.43. The molecule has 0 aromatic heterocycles. The molecule has 1 fully saturated rings. The van der Waals surface area contributed by atoms with E-state index in [0.29, 0.717) is 0 Å². The first-order valence-electron chi connectivity index (χ1n) is 4.94. The van der Waals surface area contributed by atoms with Crippen molar-refractivity contribution in [3.63, 3.8) is 0 Å². The fourth-order valence-electron chi connectivity index (χ4n) is 2.43. The van der Waals surface area contributed by atoms with Crippen LogP contribution < -0.4 is 10.1 Å². The van der Waals surface area contributed by atoms with Gasteiger partial charge in [-0.1, -0.05) is 15.9 Å². The lowest BCUT2D eigenvalue weighted by Gasteiger charge is -2.19. The molecule has 0 amide bonds. The van der Waals surface area contributed by atoms with Crippen LogP contribution in [0.3, 0.4) is 0 Å². The molecule has 0 radical (unpaired) electrons. The number of nitrogens with one attached hydrogen (secondary N) is 1. The van der Waals surface area contributed by atoms with E-state index in [1.54, 1.807) is 0 Å². The van der Waals surface area contributed by atoms with E-state index >= 15 is 0 Å². The molecule has 0 aliphatic carbocycles. The summed E-state index contributed by atoms with van der Waals surface area (Å²) in [5, 5.41) is 3.42. The molecule has 1 N–H and O–H groups in total. The van der Waals surface area contributed by atoms with E-state index in [9.17, 15) is 0 Å². The second kappa shape index (κ2) is 2.97. The topological polar surface area (TPSA) is 21.3 Å². The molecule has 2 aliphatic heterocycles. The smallest absolute Gasteiger partial charge is 0.123 e. The number of hydrogen-bond donors (Lipinski definition) is 1. The Morgan fingerprint density at radius 3 is 3.14 bits per heavy atom. The van der Waals surface area contributed by atoms with Crippen LogP contribution in [0.5, 0.6) is 5.75 Å². The van der Waals surface area contributed by atoms with E-state index in [2.05, 4.69) is 33.4 Å². The minimum atomic E-state index is 0.249. The zero-order chi connectivity index (χ0) is 9.60. The maximum atomic E-state index is 5.73. The second-order valence-corrected chi connectivity index (χ2v) is 5.05. The van der Waals surface area contributed by atoms with E-state index in [0.717, 1.165) is 29.9 Å². The molecule has 1 spiro atoms. The molecule has 1 unspecified atom stereocenters. The predicted octanol–water partition coefficient (Wildman–Crippen LogP) is 2.07. The van der Waals surface area contributed by atoms with E-state index in [4.69, 9.17) is 4.74 Å². The van der Waals surface area contributed by atoms with E-state index in [1.807, 2.05) is 6.07 Å². The number of hydrogen-bond acceptors (Lipinski definition) is 2. The van der Waals surface area contributed by atoms with E-state index in [-0.39, 0.29) is 5.41 Å². The molecular weight excluding hydrogens is 242 g/mol. The normalized spacial score (nSPS) is 29.2. The molecule has 1 atom stereocenters. The molecule has 3 heteroatoms. The summed E-state index contributed by atoms with van der Waals surface area (Å²) >= 11 is 3.52. The number of fused-ring (bicyclic) bond motifs is 2. The number of halogens is 1. The highest BCUT2D eigenvalue weighted by Crippen LogP contribution is 2.43. The summed E-state index contributed by atoms with van der Waals surface area (Å²) in [6.45, 7) is 3.00. The van der Waals surface area contributed by atoms with Gasteiger partial charge in [0.25, 0.3) is 0 Å². The summed E-state index contributed by atoms with van der Waals surface area (Å²) in [5.41, 5.74) is 1.62. The van der Waals surface area contributed by atoms with Gasteiger partial charge in [0.2, 0.25) is 0 Å². The van der Waals surface area contributed by atoms with Crippen molar-refractivity contribution in [2.24, 2.45) is 0 Å². The SMILES string of the molecule is Brc1ccc2c(c1)C1(CCNC1)CO2. The lowest BCUT2D eigenvalue weighted by atomic mass is 9.82. The molecule has 3 rings (SSSR count). The van der Waals surface area contributed by atoms with Crippen molar-refractivity contribution in [1.82, 2.24) is 5.32 Å². The van der Waals surface area contributed by atoms with Gasteiger partial charge < -0.3 is 10.1 Å². The third-order valence-electron chi connectivity index (χ3n) is 3.26. The molecular formula is C11H12BrNO. The predicted molar refractivity (Wildman–Crippen MR) is 58.8 cm³/mol. The third kappa shape index (κ3) is 1.12. The Morgan fingerprint density at radius 1 is 1.43 bits per heavy atom. The summed E-state index contributed by atoms with van der Waals surface area (Å²) in [7, 11) is 0. The van der Waals surface area contributed by atoms with Crippen LogP contribution in [-0.4, -0.2) is 19.7 Å². The summed E-state index contributed by atoms with van der Waals surface area (Å²) in [6.07, 6.45) is 1.19. The van der Waals surface area contributed by atoms with Crippen LogP contribution in [-0.2, 0) is 5.41 Å². The van der Waals surface area contributed by atoms with Crippen molar-refractivity contribution in [3.8, 4) is 5.75 Å². The van der Waals surface area contributed by atoms with Crippen molar-refractivity contribution < 1.29 is 4.74 Å². The maximum absolute atomic E-state index is 5.73. The Hall–Kier alpha value is -0.540. The molecule has 2 aliphatic rings. The molecule has 1 aromatic carbocycles. The summed E-state index contributed by atoms with van der Waals surface area (Å²) < 4.78 is 6.88. The van der Waals surface area contributed by atoms with Gasteiger partial charge in [-0.3, -0.25) is 0 Å². The van der Waals surface area contributed by atoms with Crippen molar-refractivity contribution in [3.05, 3.63) is 28.2 Å². The molecule has 1 aromatic rings. The minimum Gasteiger partial charge on any atom is -0.492 e. The van der Waals surface area contributed by atoms with Gasteiger partial charge in [0.1, 0.15) is 5.75 Å². The van der Waals surface area contributed by atoms with Crippen molar-refractivity contribution in [1.29, 1.82) is 0 Å². The Bertz CT molecular complexity index is 372. The highest BCUT2D eigenvalue weighted by molar-refractivity contribution is 9.10. The van der Waals surface area contributed by atoms with E-state index < -0.39 is 0 Å². The van der Waals surface area contributed by atoms with Gasteiger partial charge in [-0.2, -0.15) is 0 Å². The summed E-state index contributed by atoms with van der Waals surface area (Å²) in [5.74, 6) is 1.07. The van der Waals surface area contributed by atoms with Gasteiger partial charge in [-0.05, 0) is 31.2 Å². The third-order valence-corrected chi connectivity index (χ3v) is 3.75. The minimum absolute atomic E-state index is 0.249. The lowest BCUT2D eigenvalue weighted by molar-refractivity contribution is 0.277. The maximum Gasteiger partial charge on any atom is 0.123 e. The zero-order valence-electron chi connectivity index (χ0n) is 7.85. The van der Waals surface area contributed by atoms with E-state index in [1.165, 1.54) is 12.0 Å². The van der Waals surface area contributed by atoms with Crippen LogP contribution in [0.25, 0.3) is 0 Å². The molecule has 1 saturated heterocycles. The second-order valence-electron chi connectivity index (χ2n) is 4.14. The highest BCUT2D eigenvalue weighted by atomic mass is 79.9. The van der Waals surface area contributed by atoms with Crippen LogP contribution in [0.15, 0.2) is 22.7 Å². The van der Waals surface area contributed by atoms with Crippen LogP contribution >= 0.6 is 15.9 Å².